The highest BCUT2D eigenvalue weighted by Gasteiger charge is 2.08. The van der Waals surface area contributed by atoms with E-state index in [0.717, 1.165) is 17.0 Å². The number of fused-ring (bicyclic) bond motifs is 1. The van der Waals surface area contributed by atoms with Crippen LogP contribution >= 0.6 is 11.6 Å². The summed E-state index contributed by atoms with van der Waals surface area (Å²) in [5, 5.41) is 2.09. The van der Waals surface area contributed by atoms with Gasteiger partial charge in [0.2, 0.25) is 0 Å². The Labute approximate surface area is 94.6 Å². The first-order valence-corrected chi connectivity index (χ1v) is 5.45. The molecule has 2 nitrogen and oxygen atoms in total. The van der Waals surface area contributed by atoms with Crippen molar-refractivity contribution in [1.29, 1.82) is 0 Å². The average molecular weight is 223 g/mol. The number of nitrogens with two attached hydrogens (primary N) is 1. The zero-order valence-electron chi connectivity index (χ0n) is 9.05. The molecule has 0 aliphatic rings. The van der Waals surface area contributed by atoms with Gasteiger partial charge in [0.25, 0.3) is 0 Å². The number of hydrogen-bond donors (Lipinski definition) is 1. The molecule has 15 heavy (non-hydrogen) atoms. The molecular weight excluding hydrogens is 208 g/mol. The Kier molecular flexibility index (Phi) is 2.72. The van der Waals surface area contributed by atoms with Crippen molar-refractivity contribution >= 4 is 22.5 Å². The molecule has 2 aromatic rings. The predicted molar refractivity (Wildman–Crippen MR) is 65.4 cm³/mol. The van der Waals surface area contributed by atoms with Gasteiger partial charge in [-0.25, -0.2) is 0 Å². The summed E-state index contributed by atoms with van der Waals surface area (Å²) >= 11 is 6.11. The summed E-state index contributed by atoms with van der Waals surface area (Å²) in [5.74, 6) is 0. The molecule has 0 unspecified atom stereocenters. The number of rotatable bonds is 2. The zero-order valence-corrected chi connectivity index (χ0v) is 9.80. The van der Waals surface area contributed by atoms with Crippen molar-refractivity contribution in [2.45, 2.75) is 13.3 Å². The lowest BCUT2D eigenvalue weighted by Gasteiger charge is -2.01. The maximum atomic E-state index is 6.11. The molecule has 1 aromatic carbocycles. The fraction of sp³-hybridized carbons (Fsp3) is 0.333. The van der Waals surface area contributed by atoms with E-state index < -0.39 is 0 Å². The van der Waals surface area contributed by atoms with Gasteiger partial charge in [0.05, 0.1) is 0 Å². The van der Waals surface area contributed by atoms with Crippen LogP contribution in [0.2, 0.25) is 5.02 Å². The molecule has 1 aromatic heterocycles. The van der Waals surface area contributed by atoms with Crippen molar-refractivity contribution in [2.24, 2.45) is 12.8 Å². The molecular formula is C12H15ClN2. The van der Waals surface area contributed by atoms with Crippen molar-refractivity contribution < 1.29 is 0 Å². The molecule has 0 aliphatic heterocycles. The molecule has 80 valence electrons. The smallest absolute Gasteiger partial charge is 0.0495 e. The standard InChI is InChI=1S/C12H15ClN2/c1-8-5-10-9(3-4-14)7-15(2)12(10)6-11(8)13/h5-7H,3-4,14H2,1-2H3. The van der Waals surface area contributed by atoms with Crippen LogP contribution in [-0.2, 0) is 13.5 Å². The van der Waals surface area contributed by atoms with Gasteiger partial charge >= 0.3 is 0 Å². The Hall–Kier alpha value is -0.990. The highest BCUT2D eigenvalue weighted by atomic mass is 35.5. The average Bonchev–Trinajstić information content (AvgIpc) is 2.46. The third-order valence-corrected chi connectivity index (χ3v) is 3.17. The minimum absolute atomic E-state index is 0.681. The number of hydrogen-bond acceptors (Lipinski definition) is 1. The van der Waals surface area contributed by atoms with E-state index in [1.807, 2.05) is 20.0 Å². The highest BCUT2D eigenvalue weighted by Crippen LogP contribution is 2.27. The minimum atomic E-state index is 0.681. The number of halogens is 1. The maximum absolute atomic E-state index is 6.11. The third-order valence-electron chi connectivity index (χ3n) is 2.77. The van der Waals surface area contributed by atoms with E-state index in [2.05, 4.69) is 16.8 Å². The van der Waals surface area contributed by atoms with E-state index in [4.69, 9.17) is 17.3 Å². The van der Waals surface area contributed by atoms with Gasteiger partial charge in [-0.2, -0.15) is 0 Å². The lowest BCUT2D eigenvalue weighted by Crippen LogP contribution is -2.01. The van der Waals surface area contributed by atoms with E-state index in [-0.39, 0.29) is 0 Å². The monoisotopic (exact) mass is 222 g/mol. The molecule has 0 fully saturated rings. The Morgan fingerprint density at radius 3 is 2.80 bits per heavy atom. The van der Waals surface area contributed by atoms with Gasteiger partial charge in [-0.15, -0.1) is 0 Å². The summed E-state index contributed by atoms with van der Waals surface area (Å²) in [6.07, 6.45) is 3.05. The first kappa shape index (κ1) is 10.5. The van der Waals surface area contributed by atoms with E-state index in [1.165, 1.54) is 16.5 Å². The SMILES string of the molecule is Cc1cc2c(CCN)cn(C)c2cc1Cl. The fourth-order valence-corrected chi connectivity index (χ4v) is 2.11. The molecule has 3 heteroatoms. The van der Waals surface area contributed by atoms with Gasteiger partial charge in [-0.1, -0.05) is 11.6 Å². The van der Waals surface area contributed by atoms with E-state index in [1.54, 1.807) is 0 Å². The van der Waals surface area contributed by atoms with Gasteiger partial charge in [-0.05, 0) is 43.1 Å². The molecule has 2 rings (SSSR count). The first-order chi connectivity index (χ1) is 7.13. The van der Waals surface area contributed by atoms with Crippen molar-refractivity contribution in [3.8, 4) is 0 Å². The summed E-state index contributed by atoms with van der Waals surface area (Å²) in [6, 6.07) is 4.16. The summed E-state index contributed by atoms with van der Waals surface area (Å²) in [4.78, 5) is 0. The topological polar surface area (TPSA) is 30.9 Å². The van der Waals surface area contributed by atoms with Gasteiger partial charge < -0.3 is 10.3 Å². The molecule has 2 N–H and O–H groups in total. The van der Waals surface area contributed by atoms with Gasteiger partial charge in [0, 0.05) is 29.2 Å². The summed E-state index contributed by atoms with van der Waals surface area (Å²) < 4.78 is 2.10. The molecule has 0 saturated heterocycles. The van der Waals surface area contributed by atoms with Crippen molar-refractivity contribution in [3.05, 3.63) is 34.5 Å². The number of aromatic nitrogens is 1. The van der Waals surface area contributed by atoms with E-state index in [0.29, 0.717) is 6.54 Å². The lowest BCUT2D eigenvalue weighted by molar-refractivity contribution is 0.929. The zero-order chi connectivity index (χ0) is 11.0. The molecule has 0 atom stereocenters. The third kappa shape index (κ3) is 1.75. The number of aryl methyl sites for hydroxylation is 2. The van der Waals surface area contributed by atoms with Crippen LogP contribution in [0.15, 0.2) is 18.3 Å². The second-order valence-corrected chi connectivity index (χ2v) is 4.33. The van der Waals surface area contributed by atoms with Gasteiger partial charge in [0.1, 0.15) is 0 Å². The molecule has 0 bridgehead atoms. The van der Waals surface area contributed by atoms with Crippen LogP contribution in [-0.4, -0.2) is 11.1 Å². The minimum Gasteiger partial charge on any atom is -0.350 e. The summed E-state index contributed by atoms with van der Waals surface area (Å²) in [7, 11) is 2.04. The van der Waals surface area contributed by atoms with E-state index >= 15 is 0 Å². The molecule has 1 heterocycles. The van der Waals surface area contributed by atoms with Crippen LogP contribution in [0.25, 0.3) is 10.9 Å². The molecule has 0 amide bonds. The van der Waals surface area contributed by atoms with Gasteiger partial charge in [0.15, 0.2) is 0 Å². The van der Waals surface area contributed by atoms with Gasteiger partial charge in [-0.3, -0.25) is 0 Å². The Morgan fingerprint density at radius 2 is 2.13 bits per heavy atom. The van der Waals surface area contributed by atoms with Crippen LogP contribution in [0.5, 0.6) is 0 Å². The van der Waals surface area contributed by atoms with Crippen LogP contribution in [0, 0.1) is 6.92 Å². The van der Waals surface area contributed by atoms with Crippen molar-refractivity contribution in [1.82, 2.24) is 4.57 Å². The lowest BCUT2D eigenvalue weighted by atomic mass is 10.1. The maximum Gasteiger partial charge on any atom is 0.0495 e. The summed E-state index contributed by atoms with van der Waals surface area (Å²) in [5.41, 5.74) is 9.19. The quantitative estimate of drug-likeness (QED) is 0.832. The van der Waals surface area contributed by atoms with Crippen LogP contribution < -0.4 is 5.73 Å². The van der Waals surface area contributed by atoms with Crippen LogP contribution in [0.1, 0.15) is 11.1 Å². The molecule has 0 saturated carbocycles. The first-order valence-electron chi connectivity index (χ1n) is 5.07. The Morgan fingerprint density at radius 1 is 1.40 bits per heavy atom. The number of nitrogens with zero attached hydrogens (tertiary/aromatic N) is 1. The van der Waals surface area contributed by atoms with E-state index in [9.17, 15) is 0 Å². The molecule has 0 radical (unpaired) electrons. The second-order valence-electron chi connectivity index (χ2n) is 3.92. The van der Waals surface area contributed by atoms with Crippen molar-refractivity contribution in [3.63, 3.8) is 0 Å². The summed E-state index contributed by atoms with van der Waals surface area (Å²) in [6.45, 7) is 2.71. The van der Waals surface area contributed by atoms with Crippen molar-refractivity contribution in [2.75, 3.05) is 6.54 Å². The Bertz CT molecular complexity index is 500. The molecule has 0 spiro atoms. The second kappa shape index (κ2) is 3.87. The predicted octanol–water partition coefficient (Wildman–Crippen LogP) is 2.64. The van der Waals surface area contributed by atoms with Crippen LogP contribution in [0.4, 0.5) is 0 Å². The molecule has 0 aliphatic carbocycles. The highest BCUT2D eigenvalue weighted by molar-refractivity contribution is 6.32. The van der Waals surface area contributed by atoms with Crippen LogP contribution in [0.3, 0.4) is 0 Å². The number of benzene rings is 1. The fourth-order valence-electron chi connectivity index (χ4n) is 1.95. The normalized spacial score (nSPS) is 11.2. The largest absolute Gasteiger partial charge is 0.350 e. The Balaban J connectivity index is 2.70.